The molecule has 0 bridgehead atoms. The van der Waals surface area contributed by atoms with Gasteiger partial charge in [-0.2, -0.15) is 0 Å². The monoisotopic (exact) mass is 512 g/mol. The zero-order valence-corrected chi connectivity index (χ0v) is 19.7. The third kappa shape index (κ3) is 6.37. The summed E-state index contributed by atoms with van der Waals surface area (Å²) in [6.07, 6.45) is 0.0479. The van der Waals surface area contributed by atoms with E-state index in [1.165, 1.54) is 6.07 Å². The van der Waals surface area contributed by atoms with E-state index in [1.807, 2.05) is 0 Å². The van der Waals surface area contributed by atoms with Gasteiger partial charge >= 0.3 is 5.97 Å². The number of aliphatic hydroxyl groups excluding tert-OH is 2. The lowest BCUT2D eigenvalue weighted by Crippen LogP contribution is -2.42. The van der Waals surface area contributed by atoms with Crippen LogP contribution in [0.2, 0.25) is 5.02 Å². The fraction of sp³-hybridized carbons (Fsp3) is 0.348. The van der Waals surface area contributed by atoms with Crippen LogP contribution in [0.3, 0.4) is 0 Å². The van der Waals surface area contributed by atoms with Crippen LogP contribution >= 0.6 is 11.6 Å². The first-order valence-corrected chi connectivity index (χ1v) is 11.0. The van der Waals surface area contributed by atoms with Crippen LogP contribution in [0.15, 0.2) is 46.7 Å². The van der Waals surface area contributed by atoms with Gasteiger partial charge in [0.05, 0.1) is 31.6 Å². The van der Waals surface area contributed by atoms with E-state index in [0.717, 1.165) is 25.4 Å². The zero-order valence-electron chi connectivity index (χ0n) is 18.9. The molecule has 0 saturated carbocycles. The molecule has 2 heterocycles. The van der Waals surface area contributed by atoms with E-state index in [0.29, 0.717) is 6.07 Å². The van der Waals surface area contributed by atoms with Crippen LogP contribution in [0.5, 0.6) is 0 Å². The molecule has 0 radical (unpaired) electrons. The number of carbonyl (C=O) groups is 1. The molecule has 0 saturated heterocycles. The van der Waals surface area contributed by atoms with Crippen molar-refractivity contribution >= 4 is 23.4 Å². The smallest absolute Gasteiger partial charge is 0.338 e. The summed E-state index contributed by atoms with van der Waals surface area (Å²) >= 11 is 6.27. The fourth-order valence-electron chi connectivity index (χ4n) is 3.70. The highest BCUT2D eigenvalue weighted by atomic mass is 35.5. The SMILES string of the molecule is COC(=O)C1=C(CN(CCO)CC(C)O)NC(c2ncc(F)cc2F)=N[C@H]1c1ccc(F)cc1Cl. The Morgan fingerprint density at radius 2 is 2.03 bits per heavy atom. The molecule has 8 nitrogen and oxygen atoms in total. The lowest BCUT2D eigenvalue weighted by Gasteiger charge is -2.31. The van der Waals surface area contributed by atoms with Crippen LogP contribution in [-0.2, 0) is 9.53 Å². The van der Waals surface area contributed by atoms with Gasteiger partial charge in [-0.3, -0.25) is 9.89 Å². The van der Waals surface area contributed by atoms with Crippen molar-refractivity contribution in [2.24, 2.45) is 4.99 Å². The van der Waals surface area contributed by atoms with E-state index >= 15 is 0 Å². The van der Waals surface area contributed by atoms with Gasteiger partial charge in [0.15, 0.2) is 11.7 Å². The summed E-state index contributed by atoms with van der Waals surface area (Å²) in [5.41, 5.74) is 0.115. The first-order valence-electron chi connectivity index (χ1n) is 10.6. The lowest BCUT2D eigenvalue weighted by molar-refractivity contribution is -0.136. The number of halogens is 4. The molecule has 0 aliphatic carbocycles. The van der Waals surface area contributed by atoms with Crippen molar-refractivity contribution in [3.8, 4) is 0 Å². The highest BCUT2D eigenvalue weighted by molar-refractivity contribution is 6.31. The van der Waals surface area contributed by atoms with Gasteiger partial charge in [0.2, 0.25) is 0 Å². The van der Waals surface area contributed by atoms with Crippen LogP contribution in [0.1, 0.15) is 24.2 Å². The number of nitrogens with zero attached hydrogens (tertiary/aromatic N) is 3. The van der Waals surface area contributed by atoms with Crippen molar-refractivity contribution < 1.29 is 32.9 Å². The number of methoxy groups -OCH3 is 1. The number of esters is 1. The van der Waals surface area contributed by atoms with Crippen LogP contribution in [0, 0.1) is 17.5 Å². The van der Waals surface area contributed by atoms with Crippen LogP contribution in [0.25, 0.3) is 0 Å². The second-order valence-electron chi connectivity index (χ2n) is 7.85. The normalized spacial score (nSPS) is 16.7. The number of benzene rings is 1. The van der Waals surface area contributed by atoms with Crippen LogP contribution in [-0.4, -0.2) is 71.4 Å². The molecular formula is C23H24ClF3N4O4. The molecule has 0 amide bonds. The van der Waals surface area contributed by atoms with E-state index in [-0.39, 0.29) is 59.6 Å². The van der Waals surface area contributed by atoms with Gasteiger partial charge in [-0.05, 0) is 19.1 Å². The van der Waals surface area contributed by atoms with Gasteiger partial charge in [-0.25, -0.2) is 22.9 Å². The highest BCUT2D eigenvalue weighted by Gasteiger charge is 2.35. The third-order valence-electron chi connectivity index (χ3n) is 5.14. The van der Waals surface area contributed by atoms with E-state index in [2.05, 4.69) is 15.3 Å². The maximum atomic E-state index is 14.6. The summed E-state index contributed by atoms with van der Waals surface area (Å²) in [7, 11) is 1.16. The number of ether oxygens (including phenoxy) is 1. The van der Waals surface area contributed by atoms with Gasteiger partial charge in [-0.1, -0.05) is 17.7 Å². The lowest BCUT2D eigenvalue weighted by atomic mass is 9.94. The van der Waals surface area contributed by atoms with E-state index < -0.39 is 35.6 Å². The summed E-state index contributed by atoms with van der Waals surface area (Å²) < 4.78 is 46.8. The summed E-state index contributed by atoms with van der Waals surface area (Å²) in [4.78, 5) is 22.7. The minimum Gasteiger partial charge on any atom is -0.466 e. The van der Waals surface area contributed by atoms with Crippen molar-refractivity contribution in [2.45, 2.75) is 19.1 Å². The maximum Gasteiger partial charge on any atom is 0.338 e. The molecule has 12 heteroatoms. The first-order chi connectivity index (χ1) is 16.6. The molecule has 188 valence electrons. The average molecular weight is 513 g/mol. The Labute approximate surface area is 204 Å². The second-order valence-corrected chi connectivity index (χ2v) is 8.25. The van der Waals surface area contributed by atoms with Gasteiger partial charge in [0.1, 0.15) is 23.4 Å². The van der Waals surface area contributed by atoms with E-state index in [4.69, 9.17) is 16.3 Å². The van der Waals surface area contributed by atoms with E-state index in [1.54, 1.807) is 11.8 Å². The minimum atomic E-state index is -1.16. The van der Waals surface area contributed by atoms with Crippen molar-refractivity contribution in [2.75, 3.05) is 33.4 Å². The number of amidine groups is 1. The Morgan fingerprint density at radius 3 is 2.63 bits per heavy atom. The van der Waals surface area contributed by atoms with Gasteiger partial charge in [-0.15, -0.1) is 0 Å². The molecule has 3 N–H and O–H groups in total. The molecule has 2 aromatic rings. The van der Waals surface area contributed by atoms with Crippen LogP contribution < -0.4 is 5.32 Å². The molecule has 1 aliphatic rings. The first kappa shape index (κ1) is 26.6. The van der Waals surface area contributed by atoms with E-state index in [9.17, 15) is 28.2 Å². The number of aliphatic hydroxyl groups is 2. The summed E-state index contributed by atoms with van der Waals surface area (Å²) in [6, 6.07) is 3.00. The molecule has 0 fully saturated rings. The number of carbonyl (C=O) groups excluding carboxylic acids is 1. The number of rotatable bonds is 9. The standard InChI is InChI=1S/C23H24ClF3N4O4/c1-12(33)10-31(5-6-32)11-18-19(23(34)35-2)20(15-4-3-13(25)7-16(15)24)30-22(29-18)21-17(27)8-14(26)9-28-21/h3-4,7-9,12,20,32-33H,5-6,10-11H2,1-2H3,(H,29,30)/t12?,20-/m0/s1. The van der Waals surface area contributed by atoms with Crippen molar-refractivity contribution in [1.29, 1.82) is 0 Å². The third-order valence-corrected chi connectivity index (χ3v) is 5.47. The Morgan fingerprint density at radius 1 is 1.29 bits per heavy atom. The molecule has 1 aromatic carbocycles. The second kappa shape index (κ2) is 11.6. The minimum absolute atomic E-state index is 0.000751. The Kier molecular flexibility index (Phi) is 8.84. The molecule has 35 heavy (non-hydrogen) atoms. The number of pyridine rings is 1. The Bertz CT molecular complexity index is 1160. The Balaban J connectivity index is 2.20. The highest BCUT2D eigenvalue weighted by Crippen LogP contribution is 2.36. The quantitative estimate of drug-likeness (QED) is 0.443. The number of aromatic nitrogens is 1. The number of hydrogen-bond acceptors (Lipinski definition) is 8. The van der Waals surface area contributed by atoms with Crippen molar-refractivity contribution in [3.05, 3.63) is 75.5 Å². The maximum absolute atomic E-state index is 14.6. The molecule has 1 aliphatic heterocycles. The van der Waals surface area contributed by atoms with Gasteiger partial charge in [0.25, 0.3) is 0 Å². The molecular weight excluding hydrogens is 489 g/mol. The molecule has 3 rings (SSSR count). The topological polar surface area (TPSA) is 107 Å². The summed E-state index contributed by atoms with van der Waals surface area (Å²) in [6.45, 7) is 1.57. The average Bonchev–Trinajstić information content (AvgIpc) is 2.78. The van der Waals surface area contributed by atoms with Crippen LogP contribution in [0.4, 0.5) is 13.2 Å². The predicted octanol–water partition coefficient (Wildman–Crippen LogP) is 2.35. The zero-order chi connectivity index (χ0) is 25.7. The molecule has 1 aromatic heterocycles. The van der Waals surface area contributed by atoms with Gasteiger partial charge in [0, 0.05) is 42.0 Å². The Hall–Kier alpha value is -2.99. The molecule has 1 unspecified atom stereocenters. The fourth-order valence-corrected chi connectivity index (χ4v) is 3.97. The van der Waals surface area contributed by atoms with Gasteiger partial charge < -0.3 is 20.3 Å². The van der Waals surface area contributed by atoms with Crippen molar-refractivity contribution in [3.63, 3.8) is 0 Å². The largest absolute Gasteiger partial charge is 0.466 e. The molecule has 0 spiro atoms. The summed E-state index contributed by atoms with van der Waals surface area (Å²) in [5.74, 6) is -3.42. The number of aliphatic imine (C=N–C) groups is 1. The summed E-state index contributed by atoms with van der Waals surface area (Å²) in [5, 5.41) is 22.2. The van der Waals surface area contributed by atoms with Crippen molar-refractivity contribution in [1.82, 2.24) is 15.2 Å². The predicted molar refractivity (Wildman–Crippen MR) is 122 cm³/mol. The number of nitrogens with one attached hydrogen (secondary N) is 1. The molecule has 2 atom stereocenters. The number of hydrogen-bond donors (Lipinski definition) is 3.